The molecule has 7 nitrogen and oxygen atoms in total. The van der Waals surface area contributed by atoms with E-state index in [1.54, 1.807) is 29.3 Å². The zero-order chi connectivity index (χ0) is 22.5. The number of thiazole rings is 1. The van der Waals surface area contributed by atoms with E-state index in [2.05, 4.69) is 11.9 Å². The molecule has 0 aliphatic carbocycles. The Morgan fingerprint density at radius 1 is 1.03 bits per heavy atom. The molecule has 1 aromatic heterocycles. The normalized spacial score (nSPS) is 10.7. The van der Waals surface area contributed by atoms with Gasteiger partial charge in [-0.3, -0.25) is 4.79 Å². The zero-order valence-corrected chi connectivity index (χ0v) is 19.4. The molecular weight excluding hydrogens is 416 g/mol. The topological polar surface area (TPSA) is 78.0 Å². The van der Waals surface area contributed by atoms with Crippen molar-refractivity contribution in [2.24, 2.45) is 0 Å². The van der Waals surface area contributed by atoms with Crippen molar-refractivity contribution in [3.8, 4) is 5.75 Å². The highest BCUT2D eigenvalue weighted by Gasteiger charge is 2.19. The van der Waals surface area contributed by atoms with Gasteiger partial charge in [-0.25, -0.2) is 9.78 Å². The van der Waals surface area contributed by atoms with Crippen molar-refractivity contribution in [3.63, 3.8) is 0 Å². The van der Waals surface area contributed by atoms with Gasteiger partial charge in [0.1, 0.15) is 10.8 Å². The Bertz CT molecular complexity index is 807. The second-order valence-corrected chi connectivity index (χ2v) is 7.79. The number of rotatable bonds is 14. The highest BCUT2D eigenvalue weighted by molar-refractivity contribution is 7.09. The number of hydrogen-bond acceptors (Lipinski definition) is 7. The summed E-state index contributed by atoms with van der Waals surface area (Å²) in [6.45, 7) is 8.85. The van der Waals surface area contributed by atoms with Gasteiger partial charge in [0.25, 0.3) is 5.91 Å². The molecule has 0 fully saturated rings. The maximum Gasteiger partial charge on any atom is 0.357 e. The standard InChI is InChI=1S/C23H32N2O5S/c1-4-7-15-30-19-11-9-18(10-12-19)22(26)25(13-8-14-28-5-2)16-21-24-20(17-31-21)23(27)29-6-3/h9-12,17H,4-8,13-16H2,1-3H3. The van der Waals surface area contributed by atoms with Gasteiger partial charge in [-0.1, -0.05) is 13.3 Å². The number of carbonyl (C=O) groups is 2. The van der Waals surface area contributed by atoms with Crippen molar-refractivity contribution in [1.29, 1.82) is 0 Å². The lowest BCUT2D eigenvalue weighted by Crippen LogP contribution is -2.32. The third-order valence-corrected chi connectivity index (χ3v) is 5.27. The number of nitrogens with zero attached hydrogens (tertiary/aromatic N) is 2. The molecule has 0 unspecified atom stereocenters. The molecule has 1 aromatic carbocycles. The van der Waals surface area contributed by atoms with Crippen molar-refractivity contribution >= 4 is 23.2 Å². The van der Waals surface area contributed by atoms with Crippen LogP contribution in [-0.2, 0) is 16.0 Å². The maximum absolute atomic E-state index is 13.2. The van der Waals surface area contributed by atoms with Crippen LogP contribution in [0, 0.1) is 0 Å². The van der Waals surface area contributed by atoms with Crippen molar-refractivity contribution < 1.29 is 23.8 Å². The lowest BCUT2D eigenvalue weighted by Gasteiger charge is -2.22. The van der Waals surface area contributed by atoms with Crippen LogP contribution >= 0.6 is 11.3 Å². The van der Waals surface area contributed by atoms with E-state index in [-0.39, 0.29) is 11.6 Å². The number of hydrogen-bond donors (Lipinski definition) is 0. The highest BCUT2D eigenvalue weighted by Crippen LogP contribution is 2.18. The number of carbonyl (C=O) groups excluding carboxylic acids is 2. The van der Waals surface area contributed by atoms with Crippen LogP contribution < -0.4 is 4.74 Å². The SMILES string of the molecule is CCCCOc1ccc(C(=O)N(CCCOCC)Cc2nc(C(=O)OCC)cs2)cc1. The number of esters is 1. The maximum atomic E-state index is 13.2. The van der Waals surface area contributed by atoms with E-state index in [4.69, 9.17) is 14.2 Å². The molecule has 0 saturated heterocycles. The van der Waals surface area contributed by atoms with Crippen LogP contribution in [0.1, 0.15) is 65.9 Å². The van der Waals surface area contributed by atoms with E-state index in [1.807, 2.05) is 19.1 Å². The van der Waals surface area contributed by atoms with Crippen molar-refractivity contribution in [2.45, 2.75) is 46.6 Å². The quantitative estimate of drug-likeness (QED) is 0.311. The van der Waals surface area contributed by atoms with E-state index in [0.29, 0.717) is 56.5 Å². The van der Waals surface area contributed by atoms with Crippen molar-refractivity contribution in [2.75, 3.05) is 33.0 Å². The molecule has 0 radical (unpaired) electrons. The fourth-order valence-electron chi connectivity index (χ4n) is 2.81. The molecule has 170 valence electrons. The molecule has 2 aromatic rings. The summed E-state index contributed by atoms with van der Waals surface area (Å²) in [5, 5.41) is 2.35. The fraction of sp³-hybridized carbons (Fsp3) is 0.522. The van der Waals surface area contributed by atoms with Gasteiger partial charge in [-0.05, 0) is 51.0 Å². The Kier molecular flexibility index (Phi) is 11.0. The molecule has 0 bridgehead atoms. The highest BCUT2D eigenvalue weighted by atomic mass is 32.1. The number of unbranched alkanes of at least 4 members (excludes halogenated alkanes) is 1. The van der Waals surface area contributed by atoms with Crippen LogP contribution in [0.5, 0.6) is 5.75 Å². The Morgan fingerprint density at radius 3 is 2.48 bits per heavy atom. The summed E-state index contributed by atoms with van der Waals surface area (Å²) in [6, 6.07) is 7.21. The van der Waals surface area contributed by atoms with Crippen LogP contribution in [0.3, 0.4) is 0 Å². The first-order valence-corrected chi connectivity index (χ1v) is 11.7. The van der Waals surface area contributed by atoms with Crippen molar-refractivity contribution in [3.05, 3.63) is 45.9 Å². The van der Waals surface area contributed by atoms with Crippen molar-refractivity contribution in [1.82, 2.24) is 9.88 Å². The minimum atomic E-state index is -0.446. The second kappa shape index (κ2) is 13.8. The van der Waals surface area contributed by atoms with E-state index >= 15 is 0 Å². The zero-order valence-electron chi connectivity index (χ0n) is 18.6. The summed E-state index contributed by atoms with van der Waals surface area (Å²) in [5.41, 5.74) is 0.860. The predicted octanol–water partition coefficient (Wildman–Crippen LogP) is 4.57. The summed E-state index contributed by atoms with van der Waals surface area (Å²) >= 11 is 1.34. The smallest absolute Gasteiger partial charge is 0.357 e. The molecule has 0 saturated carbocycles. The largest absolute Gasteiger partial charge is 0.494 e. The fourth-order valence-corrected chi connectivity index (χ4v) is 3.59. The summed E-state index contributed by atoms with van der Waals surface area (Å²) in [4.78, 5) is 31.1. The molecule has 0 aliphatic rings. The molecule has 0 atom stereocenters. The number of benzene rings is 1. The van der Waals surface area contributed by atoms with Crippen LogP contribution in [-0.4, -0.2) is 54.7 Å². The first-order chi connectivity index (χ1) is 15.1. The van der Waals surface area contributed by atoms with Gasteiger partial charge >= 0.3 is 5.97 Å². The van der Waals surface area contributed by atoms with Gasteiger partial charge < -0.3 is 19.1 Å². The first-order valence-electron chi connectivity index (χ1n) is 10.8. The molecule has 1 amide bonds. The summed E-state index contributed by atoms with van der Waals surface area (Å²) < 4.78 is 16.1. The van der Waals surface area contributed by atoms with Gasteiger partial charge in [0, 0.05) is 30.7 Å². The average molecular weight is 449 g/mol. The van der Waals surface area contributed by atoms with Gasteiger partial charge in [0.05, 0.1) is 19.8 Å². The second-order valence-electron chi connectivity index (χ2n) is 6.85. The van der Waals surface area contributed by atoms with Gasteiger partial charge in [0.2, 0.25) is 0 Å². The molecule has 1 heterocycles. The lowest BCUT2D eigenvalue weighted by atomic mass is 10.2. The summed E-state index contributed by atoms with van der Waals surface area (Å²) in [7, 11) is 0. The Labute approximate surface area is 188 Å². The van der Waals surface area contributed by atoms with E-state index in [0.717, 1.165) is 18.6 Å². The molecule has 8 heteroatoms. The monoisotopic (exact) mass is 448 g/mol. The molecule has 2 rings (SSSR count). The predicted molar refractivity (Wildman–Crippen MR) is 121 cm³/mol. The van der Waals surface area contributed by atoms with E-state index in [9.17, 15) is 9.59 Å². The summed E-state index contributed by atoms with van der Waals surface area (Å²) in [6.07, 6.45) is 2.78. The first kappa shape index (κ1) is 24.8. The van der Waals surface area contributed by atoms with Crippen LogP contribution in [0.25, 0.3) is 0 Å². The van der Waals surface area contributed by atoms with Crippen LogP contribution in [0.4, 0.5) is 0 Å². The lowest BCUT2D eigenvalue weighted by molar-refractivity contribution is 0.0520. The average Bonchev–Trinajstić information content (AvgIpc) is 3.25. The van der Waals surface area contributed by atoms with Gasteiger partial charge in [-0.2, -0.15) is 0 Å². The third kappa shape index (κ3) is 8.30. The third-order valence-electron chi connectivity index (χ3n) is 4.44. The number of ether oxygens (including phenoxy) is 3. The molecule has 0 aliphatic heterocycles. The van der Waals surface area contributed by atoms with Gasteiger partial charge in [-0.15, -0.1) is 11.3 Å². The molecule has 0 spiro atoms. The minimum absolute atomic E-state index is 0.0931. The Balaban J connectivity index is 2.07. The number of amides is 1. The van der Waals surface area contributed by atoms with E-state index in [1.165, 1.54) is 11.3 Å². The Hall–Kier alpha value is -2.45. The number of aromatic nitrogens is 1. The Morgan fingerprint density at radius 2 is 1.81 bits per heavy atom. The molecular formula is C23H32N2O5S. The summed E-state index contributed by atoms with van der Waals surface area (Å²) in [5.74, 6) is 0.217. The van der Waals surface area contributed by atoms with E-state index < -0.39 is 5.97 Å². The molecule has 31 heavy (non-hydrogen) atoms. The molecule has 0 N–H and O–H groups in total. The minimum Gasteiger partial charge on any atom is -0.494 e. The van der Waals surface area contributed by atoms with Crippen LogP contribution in [0.15, 0.2) is 29.6 Å². The van der Waals surface area contributed by atoms with Crippen LogP contribution in [0.2, 0.25) is 0 Å². The van der Waals surface area contributed by atoms with Gasteiger partial charge in [0.15, 0.2) is 5.69 Å².